The van der Waals surface area contributed by atoms with Crippen LogP contribution in [0, 0.1) is 0 Å². The zero-order chi connectivity index (χ0) is 23.3. The normalized spacial score (nSPS) is 14.7. The molecule has 172 valence electrons. The minimum Gasteiger partial charge on any atom is -0.481 e. The summed E-state index contributed by atoms with van der Waals surface area (Å²) in [5.41, 5.74) is 5.59. The summed E-state index contributed by atoms with van der Waals surface area (Å²) in [6.45, 7) is -0.894. The number of carboxylic acids is 2. The van der Waals surface area contributed by atoms with E-state index >= 15 is 0 Å². The van der Waals surface area contributed by atoms with Crippen LogP contribution in [-0.2, 0) is 24.0 Å². The largest absolute Gasteiger partial charge is 0.481 e. The molecule has 0 bridgehead atoms. The van der Waals surface area contributed by atoms with Crippen molar-refractivity contribution in [1.82, 2.24) is 16.0 Å². The van der Waals surface area contributed by atoms with E-state index in [1.807, 2.05) is 5.32 Å². The average molecular weight is 469 g/mol. The topological polar surface area (TPSA) is 208 Å². The minimum absolute atomic E-state index is 0.0457. The number of rotatable bonds is 15. The fourth-order valence-electron chi connectivity index (χ4n) is 2.13. The van der Waals surface area contributed by atoms with Gasteiger partial charge in [0.25, 0.3) is 0 Å². The molecule has 0 rings (SSSR count). The number of carbonyl (C=O) groups excluding carboxylic acids is 3. The molecule has 0 spiro atoms. The molecule has 0 aromatic carbocycles. The lowest BCUT2D eigenvalue weighted by molar-refractivity contribution is -0.144. The maximum absolute atomic E-state index is 12.7. The summed E-state index contributed by atoms with van der Waals surface area (Å²) in [6, 6.07) is -5.02. The molecule has 4 atom stereocenters. The first kappa shape index (κ1) is 28.0. The number of nitrogens with two attached hydrogens (primary N) is 1. The predicted molar refractivity (Wildman–Crippen MR) is 112 cm³/mol. The summed E-state index contributed by atoms with van der Waals surface area (Å²) in [5.74, 6) is -4.55. The first-order chi connectivity index (χ1) is 14.1. The summed E-state index contributed by atoms with van der Waals surface area (Å²) in [7, 11) is 0. The second kappa shape index (κ2) is 14.9. The molecule has 0 heterocycles. The summed E-state index contributed by atoms with van der Waals surface area (Å²) in [5, 5.41) is 33.7. The molecule has 0 aliphatic rings. The molecular formula is C16H28N4O8S2. The highest BCUT2D eigenvalue weighted by Gasteiger charge is 2.30. The maximum atomic E-state index is 12.7. The quantitative estimate of drug-likeness (QED) is 0.117. The fourth-order valence-corrected chi connectivity index (χ4v) is 2.77. The summed E-state index contributed by atoms with van der Waals surface area (Å²) in [6.07, 6.45) is 1.19. The number of nitrogens with one attached hydrogen (secondary N) is 3. The number of amides is 3. The van der Waals surface area contributed by atoms with Crippen molar-refractivity contribution in [3.8, 4) is 0 Å². The van der Waals surface area contributed by atoms with Gasteiger partial charge < -0.3 is 37.0 Å². The van der Waals surface area contributed by atoms with Crippen LogP contribution in [0.5, 0.6) is 0 Å². The van der Waals surface area contributed by atoms with Crippen LogP contribution in [0.3, 0.4) is 0 Å². The Kier molecular flexibility index (Phi) is 13.9. The minimum atomic E-state index is -1.62. The highest BCUT2D eigenvalue weighted by Crippen LogP contribution is 2.05. The van der Waals surface area contributed by atoms with Gasteiger partial charge in [-0.1, -0.05) is 0 Å². The Labute approximate surface area is 183 Å². The van der Waals surface area contributed by atoms with Gasteiger partial charge in [0.05, 0.1) is 12.6 Å². The van der Waals surface area contributed by atoms with Gasteiger partial charge in [0.1, 0.15) is 18.1 Å². The van der Waals surface area contributed by atoms with Crippen molar-refractivity contribution >= 4 is 54.1 Å². The van der Waals surface area contributed by atoms with Crippen molar-refractivity contribution < 1.29 is 39.3 Å². The molecule has 14 heteroatoms. The van der Waals surface area contributed by atoms with Gasteiger partial charge >= 0.3 is 11.9 Å². The van der Waals surface area contributed by atoms with Crippen LogP contribution in [0.15, 0.2) is 0 Å². The number of thioether (sulfide) groups is 1. The molecule has 30 heavy (non-hydrogen) atoms. The van der Waals surface area contributed by atoms with Crippen LogP contribution in [-0.4, -0.2) is 93.5 Å². The van der Waals surface area contributed by atoms with Gasteiger partial charge in [0, 0.05) is 12.2 Å². The van der Waals surface area contributed by atoms with Gasteiger partial charge in [0.2, 0.25) is 17.7 Å². The lowest BCUT2D eigenvalue weighted by Gasteiger charge is -2.24. The predicted octanol–water partition coefficient (Wildman–Crippen LogP) is -2.61. The molecule has 0 aliphatic heterocycles. The van der Waals surface area contributed by atoms with E-state index in [1.54, 1.807) is 6.26 Å². The van der Waals surface area contributed by atoms with Crippen LogP contribution >= 0.6 is 24.4 Å². The van der Waals surface area contributed by atoms with Gasteiger partial charge in [-0.25, -0.2) is 4.79 Å². The molecule has 0 saturated heterocycles. The molecule has 0 aromatic heterocycles. The van der Waals surface area contributed by atoms with Crippen LogP contribution < -0.4 is 21.7 Å². The fraction of sp³-hybridized carbons (Fsp3) is 0.688. The van der Waals surface area contributed by atoms with E-state index < -0.39 is 66.9 Å². The molecular weight excluding hydrogens is 440 g/mol. The lowest BCUT2D eigenvalue weighted by atomic mass is 10.1. The number of hydrogen-bond acceptors (Lipinski definition) is 9. The Bertz CT molecular complexity index is 622. The molecule has 0 aliphatic carbocycles. The Hall–Kier alpha value is -2.03. The van der Waals surface area contributed by atoms with Crippen molar-refractivity contribution in [3.05, 3.63) is 0 Å². The van der Waals surface area contributed by atoms with Crippen molar-refractivity contribution in [2.75, 3.05) is 24.4 Å². The second-order valence-electron chi connectivity index (χ2n) is 6.21. The lowest BCUT2D eigenvalue weighted by Crippen LogP contribution is -2.57. The van der Waals surface area contributed by atoms with E-state index in [4.69, 9.17) is 21.1 Å². The van der Waals surface area contributed by atoms with Crippen molar-refractivity contribution in [3.63, 3.8) is 0 Å². The van der Waals surface area contributed by atoms with Crippen LogP contribution in [0.1, 0.15) is 19.3 Å². The third-order valence-electron chi connectivity index (χ3n) is 3.85. The number of aliphatic hydroxyl groups is 1. The molecule has 0 radical (unpaired) electrons. The number of aliphatic hydroxyl groups excluding tert-OH is 1. The van der Waals surface area contributed by atoms with E-state index in [1.165, 1.54) is 11.8 Å². The van der Waals surface area contributed by atoms with Gasteiger partial charge in [0.15, 0.2) is 0 Å². The van der Waals surface area contributed by atoms with Gasteiger partial charge in [-0.15, -0.1) is 0 Å². The maximum Gasteiger partial charge on any atom is 0.328 e. The number of hydrogen-bond donors (Lipinski definition) is 8. The SMILES string of the molecule is CSCCC(NC(=O)C(N)CS)C(=O)NC(CCC(=O)O)C(=O)NC(CO)C(=O)O. The van der Waals surface area contributed by atoms with Crippen molar-refractivity contribution in [1.29, 1.82) is 0 Å². The van der Waals surface area contributed by atoms with Crippen LogP contribution in [0.25, 0.3) is 0 Å². The second-order valence-corrected chi connectivity index (χ2v) is 7.56. The number of thiol groups is 1. The molecule has 0 saturated carbocycles. The van der Waals surface area contributed by atoms with E-state index in [-0.39, 0.29) is 18.6 Å². The summed E-state index contributed by atoms with van der Waals surface area (Å²) in [4.78, 5) is 58.9. The summed E-state index contributed by atoms with van der Waals surface area (Å²) >= 11 is 5.33. The van der Waals surface area contributed by atoms with E-state index in [2.05, 4.69) is 23.3 Å². The molecule has 0 fully saturated rings. The highest BCUT2D eigenvalue weighted by molar-refractivity contribution is 7.98. The van der Waals surface area contributed by atoms with Crippen molar-refractivity contribution in [2.45, 2.75) is 43.4 Å². The molecule has 3 amide bonds. The van der Waals surface area contributed by atoms with E-state index in [9.17, 15) is 24.0 Å². The molecule has 12 nitrogen and oxygen atoms in total. The first-order valence-electron chi connectivity index (χ1n) is 8.89. The molecule has 8 N–H and O–H groups in total. The van der Waals surface area contributed by atoms with Crippen molar-refractivity contribution in [2.24, 2.45) is 5.73 Å². The Morgan fingerprint density at radius 3 is 1.87 bits per heavy atom. The Morgan fingerprint density at radius 2 is 1.43 bits per heavy atom. The van der Waals surface area contributed by atoms with Gasteiger partial charge in [-0.05, 0) is 24.9 Å². The Balaban J connectivity index is 5.38. The van der Waals surface area contributed by atoms with Gasteiger partial charge in [-0.3, -0.25) is 19.2 Å². The van der Waals surface area contributed by atoms with E-state index in [0.29, 0.717) is 5.75 Å². The average Bonchev–Trinajstić information content (AvgIpc) is 2.70. The molecule has 0 aromatic rings. The van der Waals surface area contributed by atoms with Crippen LogP contribution in [0.4, 0.5) is 0 Å². The third-order valence-corrected chi connectivity index (χ3v) is 4.89. The number of aliphatic carboxylic acids is 2. The third kappa shape index (κ3) is 10.7. The smallest absolute Gasteiger partial charge is 0.328 e. The standard InChI is InChI=1S/C16H28N4O8S2/c1-30-5-4-10(18-13(24)8(17)7-29)15(26)19-9(2-3-12(22)23)14(25)20-11(6-21)16(27)28/h8-11,21,29H,2-7,17H2,1H3,(H,18,24)(H,19,26)(H,20,25)(H,22,23)(H,27,28). The van der Waals surface area contributed by atoms with E-state index in [0.717, 1.165) is 0 Å². The number of carboxylic acid groups (broad SMARTS) is 2. The highest BCUT2D eigenvalue weighted by atomic mass is 32.2. The first-order valence-corrected chi connectivity index (χ1v) is 10.9. The summed E-state index contributed by atoms with van der Waals surface area (Å²) < 4.78 is 0. The van der Waals surface area contributed by atoms with Gasteiger partial charge in [-0.2, -0.15) is 24.4 Å². The zero-order valence-corrected chi connectivity index (χ0v) is 18.1. The Morgan fingerprint density at radius 1 is 0.933 bits per heavy atom. The zero-order valence-electron chi connectivity index (χ0n) is 16.4. The van der Waals surface area contributed by atoms with Crippen LogP contribution in [0.2, 0.25) is 0 Å². The molecule has 4 unspecified atom stereocenters. The number of carbonyl (C=O) groups is 5. The monoisotopic (exact) mass is 468 g/mol.